The average molecular weight is 210 g/mol. The van der Waals surface area contributed by atoms with Crippen LogP contribution in [0.3, 0.4) is 0 Å². The second kappa shape index (κ2) is 5.86. The van der Waals surface area contributed by atoms with Crippen LogP contribution in [0.1, 0.15) is 45.4 Å². The number of piperidine rings is 1. The predicted octanol–water partition coefficient (Wildman–Crippen LogP) is 2.25. The van der Waals surface area contributed by atoms with Crippen molar-refractivity contribution in [2.45, 2.75) is 51.5 Å². The summed E-state index contributed by atoms with van der Waals surface area (Å²) in [4.78, 5) is 2.74. The molecule has 2 heterocycles. The lowest BCUT2D eigenvalue weighted by Crippen LogP contribution is -2.42. The van der Waals surface area contributed by atoms with Gasteiger partial charge in [-0.25, -0.2) is 0 Å². The van der Waals surface area contributed by atoms with Gasteiger partial charge in [0.1, 0.15) is 0 Å². The van der Waals surface area contributed by atoms with Crippen LogP contribution in [-0.2, 0) is 0 Å². The first-order chi connectivity index (χ1) is 7.38. The summed E-state index contributed by atoms with van der Waals surface area (Å²) in [5.74, 6) is 0.943. The van der Waals surface area contributed by atoms with Gasteiger partial charge < -0.3 is 10.2 Å². The van der Waals surface area contributed by atoms with E-state index in [4.69, 9.17) is 0 Å². The number of hydrogen-bond donors (Lipinski definition) is 1. The minimum atomic E-state index is 0.824. The molecule has 2 heteroatoms. The fraction of sp³-hybridized carbons (Fsp3) is 1.00. The Morgan fingerprint density at radius 1 is 1.00 bits per heavy atom. The van der Waals surface area contributed by atoms with Crippen LogP contribution in [0.2, 0.25) is 0 Å². The third kappa shape index (κ3) is 3.18. The number of likely N-dealkylation sites (tertiary alicyclic amines) is 1. The van der Waals surface area contributed by atoms with Crippen LogP contribution in [0.4, 0.5) is 0 Å². The lowest BCUT2D eigenvalue weighted by molar-refractivity contribution is 0.122. The summed E-state index contributed by atoms with van der Waals surface area (Å²) < 4.78 is 0. The first-order valence-electron chi connectivity index (χ1n) is 6.82. The zero-order valence-electron chi connectivity index (χ0n) is 10.2. The van der Waals surface area contributed by atoms with Gasteiger partial charge in [0, 0.05) is 6.04 Å². The summed E-state index contributed by atoms with van der Waals surface area (Å²) in [6.07, 6.45) is 8.51. The van der Waals surface area contributed by atoms with Crippen LogP contribution >= 0.6 is 0 Å². The molecule has 2 atom stereocenters. The minimum absolute atomic E-state index is 0.824. The molecular formula is C13H26N2. The second-order valence-electron chi connectivity index (χ2n) is 5.28. The third-order valence-corrected chi connectivity index (χ3v) is 4.27. The SMILES string of the molecule is CC(C1CCCNCC1)N1CCCCC1. The molecule has 0 amide bonds. The Hall–Kier alpha value is -0.0800. The quantitative estimate of drug-likeness (QED) is 0.752. The van der Waals surface area contributed by atoms with Gasteiger partial charge >= 0.3 is 0 Å². The number of hydrogen-bond acceptors (Lipinski definition) is 2. The van der Waals surface area contributed by atoms with E-state index in [1.807, 2.05) is 0 Å². The van der Waals surface area contributed by atoms with Gasteiger partial charge in [0.25, 0.3) is 0 Å². The van der Waals surface area contributed by atoms with Gasteiger partial charge in [0.2, 0.25) is 0 Å². The molecule has 0 aliphatic carbocycles. The largest absolute Gasteiger partial charge is 0.317 e. The zero-order valence-corrected chi connectivity index (χ0v) is 10.2. The first-order valence-corrected chi connectivity index (χ1v) is 6.82. The molecule has 2 rings (SSSR count). The summed E-state index contributed by atoms with van der Waals surface area (Å²) >= 11 is 0. The number of rotatable bonds is 2. The smallest absolute Gasteiger partial charge is 0.00956 e. The highest BCUT2D eigenvalue weighted by Gasteiger charge is 2.24. The van der Waals surface area contributed by atoms with E-state index >= 15 is 0 Å². The van der Waals surface area contributed by atoms with E-state index in [9.17, 15) is 0 Å². The van der Waals surface area contributed by atoms with Crippen LogP contribution < -0.4 is 5.32 Å². The molecule has 2 fully saturated rings. The Bertz CT molecular complexity index is 167. The van der Waals surface area contributed by atoms with Crippen LogP contribution in [-0.4, -0.2) is 37.1 Å². The molecule has 0 spiro atoms. The topological polar surface area (TPSA) is 15.3 Å². The van der Waals surface area contributed by atoms with Crippen molar-refractivity contribution in [3.63, 3.8) is 0 Å². The number of nitrogens with one attached hydrogen (secondary N) is 1. The van der Waals surface area contributed by atoms with Gasteiger partial charge in [-0.1, -0.05) is 6.42 Å². The highest BCUT2D eigenvalue weighted by atomic mass is 15.2. The maximum Gasteiger partial charge on any atom is 0.00956 e. The minimum Gasteiger partial charge on any atom is -0.317 e. The molecule has 2 aliphatic heterocycles. The molecule has 2 saturated heterocycles. The summed E-state index contributed by atoms with van der Waals surface area (Å²) in [5.41, 5.74) is 0. The molecule has 1 N–H and O–H groups in total. The Balaban J connectivity index is 1.83. The zero-order chi connectivity index (χ0) is 10.5. The predicted molar refractivity (Wildman–Crippen MR) is 65.1 cm³/mol. The van der Waals surface area contributed by atoms with E-state index in [1.165, 1.54) is 64.7 Å². The molecule has 88 valence electrons. The molecule has 0 aromatic heterocycles. The number of nitrogens with zero attached hydrogens (tertiary/aromatic N) is 1. The van der Waals surface area contributed by atoms with Gasteiger partial charge in [-0.15, -0.1) is 0 Å². The van der Waals surface area contributed by atoms with Gasteiger partial charge in [0.05, 0.1) is 0 Å². The van der Waals surface area contributed by atoms with Gasteiger partial charge in [-0.05, 0) is 71.1 Å². The fourth-order valence-electron chi connectivity index (χ4n) is 3.15. The highest BCUT2D eigenvalue weighted by molar-refractivity contribution is 4.80. The second-order valence-corrected chi connectivity index (χ2v) is 5.28. The monoisotopic (exact) mass is 210 g/mol. The van der Waals surface area contributed by atoms with Crippen LogP contribution in [0.25, 0.3) is 0 Å². The summed E-state index contributed by atoms with van der Waals surface area (Å²) in [5, 5.41) is 3.52. The van der Waals surface area contributed by atoms with E-state index in [2.05, 4.69) is 17.1 Å². The van der Waals surface area contributed by atoms with Crippen molar-refractivity contribution in [3.05, 3.63) is 0 Å². The standard InChI is InChI=1S/C13H26N2/c1-12(15-10-3-2-4-11-15)13-6-5-8-14-9-7-13/h12-14H,2-11H2,1H3. The molecule has 0 aromatic rings. The van der Waals surface area contributed by atoms with Crippen molar-refractivity contribution in [3.8, 4) is 0 Å². The van der Waals surface area contributed by atoms with Crippen molar-refractivity contribution in [2.24, 2.45) is 5.92 Å². The Morgan fingerprint density at radius 3 is 2.60 bits per heavy atom. The summed E-state index contributed by atoms with van der Waals surface area (Å²) in [6, 6.07) is 0.824. The van der Waals surface area contributed by atoms with Crippen LogP contribution in [0.5, 0.6) is 0 Å². The van der Waals surface area contributed by atoms with Gasteiger partial charge in [0.15, 0.2) is 0 Å². The summed E-state index contributed by atoms with van der Waals surface area (Å²) in [6.45, 7) is 7.64. The van der Waals surface area contributed by atoms with E-state index in [0.717, 1.165) is 12.0 Å². The molecule has 2 unspecified atom stereocenters. The first kappa shape index (κ1) is 11.4. The lowest BCUT2D eigenvalue weighted by atomic mass is 9.91. The van der Waals surface area contributed by atoms with Crippen molar-refractivity contribution < 1.29 is 0 Å². The van der Waals surface area contributed by atoms with E-state index < -0.39 is 0 Å². The van der Waals surface area contributed by atoms with E-state index in [0.29, 0.717) is 0 Å². The van der Waals surface area contributed by atoms with Gasteiger partial charge in [-0.3, -0.25) is 0 Å². The van der Waals surface area contributed by atoms with Crippen molar-refractivity contribution in [2.75, 3.05) is 26.2 Å². The molecule has 2 aliphatic rings. The maximum absolute atomic E-state index is 3.52. The van der Waals surface area contributed by atoms with Crippen LogP contribution in [0.15, 0.2) is 0 Å². The molecule has 0 saturated carbocycles. The Morgan fingerprint density at radius 2 is 1.80 bits per heavy atom. The fourth-order valence-corrected chi connectivity index (χ4v) is 3.15. The molecule has 0 aromatic carbocycles. The normalized spacial score (nSPS) is 32.2. The molecule has 0 radical (unpaired) electrons. The van der Waals surface area contributed by atoms with Crippen molar-refractivity contribution in [1.29, 1.82) is 0 Å². The average Bonchev–Trinajstić information content (AvgIpc) is 2.58. The van der Waals surface area contributed by atoms with E-state index in [1.54, 1.807) is 0 Å². The maximum atomic E-state index is 3.52. The van der Waals surface area contributed by atoms with Crippen molar-refractivity contribution >= 4 is 0 Å². The van der Waals surface area contributed by atoms with Crippen molar-refractivity contribution in [1.82, 2.24) is 10.2 Å². The van der Waals surface area contributed by atoms with Gasteiger partial charge in [-0.2, -0.15) is 0 Å². The Labute approximate surface area is 94.4 Å². The third-order valence-electron chi connectivity index (χ3n) is 4.27. The van der Waals surface area contributed by atoms with E-state index in [-0.39, 0.29) is 0 Å². The summed E-state index contributed by atoms with van der Waals surface area (Å²) in [7, 11) is 0. The molecule has 15 heavy (non-hydrogen) atoms. The Kier molecular flexibility index (Phi) is 4.45. The lowest BCUT2D eigenvalue weighted by Gasteiger charge is -2.36. The van der Waals surface area contributed by atoms with Crippen LogP contribution in [0, 0.1) is 5.92 Å². The molecule has 2 nitrogen and oxygen atoms in total. The molecule has 0 bridgehead atoms. The highest BCUT2D eigenvalue weighted by Crippen LogP contribution is 2.24. The molecular weight excluding hydrogens is 184 g/mol.